The van der Waals surface area contributed by atoms with E-state index >= 15 is 0 Å². The third-order valence-electron chi connectivity index (χ3n) is 9.63. The van der Waals surface area contributed by atoms with Gasteiger partial charge in [-0.25, -0.2) is 17.9 Å². The molecule has 0 unspecified atom stereocenters. The van der Waals surface area contributed by atoms with Gasteiger partial charge < -0.3 is 26.0 Å². The zero-order chi connectivity index (χ0) is 38.7. The molecule has 3 aromatic rings. The molecule has 1 aliphatic carbocycles. The molecule has 5 N–H and O–H groups in total. The molecular weight excluding hydrogens is 697 g/mol. The van der Waals surface area contributed by atoms with Crippen LogP contribution >= 0.6 is 0 Å². The number of rotatable bonds is 13. The summed E-state index contributed by atoms with van der Waals surface area (Å²) in [5.74, 6) is -3.55. The first-order chi connectivity index (χ1) is 25.0. The number of sulfonamides is 1. The van der Waals surface area contributed by atoms with E-state index in [0.717, 1.165) is 16.3 Å². The third kappa shape index (κ3) is 9.17. The molecule has 0 bridgehead atoms. The molecule has 4 amide bonds. The van der Waals surface area contributed by atoms with Crippen molar-refractivity contribution in [3.8, 4) is 0 Å². The summed E-state index contributed by atoms with van der Waals surface area (Å²) in [6.45, 7) is 13.6. The second-order valence-corrected chi connectivity index (χ2v) is 16.8. The lowest BCUT2D eigenvalue weighted by atomic mass is 9.99. The number of likely N-dealkylation sites (tertiary alicyclic amines) is 1. The van der Waals surface area contributed by atoms with Crippen LogP contribution in [-0.4, -0.2) is 80.5 Å². The van der Waals surface area contributed by atoms with Gasteiger partial charge >= 0.3 is 6.09 Å². The average molecular weight is 747 g/mol. The summed E-state index contributed by atoms with van der Waals surface area (Å²) in [5, 5.41) is 13.5. The molecule has 0 radical (unpaired) electrons. The molecule has 1 saturated heterocycles. The molecule has 14 heteroatoms. The molecule has 1 saturated carbocycles. The van der Waals surface area contributed by atoms with Crippen molar-refractivity contribution in [2.45, 2.75) is 75.7 Å². The van der Waals surface area contributed by atoms with Gasteiger partial charge in [-0.05, 0) is 67.6 Å². The number of para-hydroxylation sites is 1. The highest BCUT2D eigenvalue weighted by Gasteiger charge is 2.61. The molecule has 2 aliphatic rings. The minimum Gasteiger partial charge on any atom is -0.444 e. The van der Waals surface area contributed by atoms with Crippen LogP contribution in [0.3, 0.4) is 0 Å². The summed E-state index contributed by atoms with van der Waals surface area (Å²) in [6, 6.07) is 18.6. The van der Waals surface area contributed by atoms with Gasteiger partial charge in [0.1, 0.15) is 22.1 Å². The number of amides is 4. The van der Waals surface area contributed by atoms with Gasteiger partial charge in [0.15, 0.2) is 0 Å². The minimum absolute atomic E-state index is 0.115. The predicted molar refractivity (Wildman–Crippen MR) is 203 cm³/mol. The molecule has 0 spiro atoms. The van der Waals surface area contributed by atoms with Gasteiger partial charge in [0.25, 0.3) is 15.9 Å². The Labute approximate surface area is 311 Å². The van der Waals surface area contributed by atoms with Gasteiger partial charge in [0.2, 0.25) is 11.8 Å². The van der Waals surface area contributed by atoms with Crippen molar-refractivity contribution in [3.05, 3.63) is 84.9 Å². The number of anilines is 1. The van der Waals surface area contributed by atoms with E-state index in [-0.39, 0.29) is 23.8 Å². The van der Waals surface area contributed by atoms with Gasteiger partial charge in [0.05, 0.1) is 17.6 Å². The van der Waals surface area contributed by atoms with Crippen LogP contribution in [0, 0.1) is 17.8 Å². The number of benzene rings is 3. The van der Waals surface area contributed by atoms with E-state index in [1.54, 1.807) is 59.9 Å². The lowest BCUT2D eigenvalue weighted by Crippen LogP contribution is -2.57. The summed E-state index contributed by atoms with van der Waals surface area (Å²) in [5.41, 5.74) is -1.01. The van der Waals surface area contributed by atoms with Crippen molar-refractivity contribution in [1.29, 1.82) is 0 Å². The fraction of sp³-hybridized carbons (Fsp3) is 0.436. The van der Waals surface area contributed by atoms with Crippen LogP contribution in [0.25, 0.3) is 10.8 Å². The Kier molecular flexibility index (Phi) is 11.5. The Hall–Kier alpha value is -4.95. The van der Waals surface area contributed by atoms with Crippen molar-refractivity contribution in [1.82, 2.24) is 25.6 Å². The Balaban J connectivity index is 1.38. The zero-order valence-electron chi connectivity index (χ0n) is 31.1. The van der Waals surface area contributed by atoms with Gasteiger partial charge in [-0.3, -0.25) is 19.3 Å². The Bertz CT molecular complexity index is 1990. The van der Waals surface area contributed by atoms with Crippen LogP contribution in [0.5, 0.6) is 0 Å². The number of hydrogen-bond acceptors (Lipinski definition) is 9. The zero-order valence-corrected chi connectivity index (χ0v) is 31.9. The largest absolute Gasteiger partial charge is 0.444 e. The maximum absolute atomic E-state index is 14.3. The highest BCUT2D eigenvalue weighted by Crippen LogP contribution is 2.45. The van der Waals surface area contributed by atoms with E-state index in [1.807, 2.05) is 36.4 Å². The molecular formula is C39H50N6O7S. The molecule has 53 heavy (non-hydrogen) atoms. The topological polar surface area (TPSA) is 175 Å². The fourth-order valence-electron chi connectivity index (χ4n) is 6.79. The van der Waals surface area contributed by atoms with E-state index in [4.69, 9.17) is 4.74 Å². The quantitative estimate of drug-likeness (QED) is 0.163. The normalized spacial score (nSPS) is 22.1. The van der Waals surface area contributed by atoms with Crippen LogP contribution in [0.2, 0.25) is 0 Å². The van der Waals surface area contributed by atoms with Crippen molar-refractivity contribution in [2.24, 2.45) is 17.8 Å². The van der Waals surface area contributed by atoms with Crippen LogP contribution in [0.4, 0.5) is 10.5 Å². The van der Waals surface area contributed by atoms with E-state index < -0.39 is 68.9 Å². The van der Waals surface area contributed by atoms with Crippen molar-refractivity contribution in [3.63, 3.8) is 0 Å². The van der Waals surface area contributed by atoms with Crippen molar-refractivity contribution < 1.29 is 32.3 Å². The number of carbonyl (C=O) groups is 4. The van der Waals surface area contributed by atoms with Crippen LogP contribution in [0.1, 0.15) is 46.6 Å². The number of fused-ring (bicyclic) bond motifs is 1. The first-order valence-corrected chi connectivity index (χ1v) is 19.2. The monoisotopic (exact) mass is 746 g/mol. The van der Waals surface area contributed by atoms with Gasteiger partial charge in [-0.1, -0.05) is 68.5 Å². The highest BCUT2D eigenvalue weighted by molar-refractivity contribution is 7.90. The molecule has 1 heterocycles. The highest BCUT2D eigenvalue weighted by atomic mass is 32.2. The van der Waals surface area contributed by atoms with Crippen molar-refractivity contribution in [2.75, 3.05) is 25.5 Å². The first kappa shape index (κ1) is 39.3. The maximum atomic E-state index is 14.3. The standard InChI is InChI=1S/C39H50N6O7S/c1-8-28-20-39(28,36(48)44-53(50,51)32-16-12-11-15-30(32)40-7)43-34(46)29-22-45(21-25-17-18-26-13-9-10-14-27(26)19-25)23-31(29)41-35(47)33(24(2)3)42-37(49)52-38(4,5)6/h8-19,24,28-29,31,33,40H,1,20-23H2,2-7H3,(H,41,47)(H,42,49)(H,43,46)(H,44,48)/t28-,29-,31+,33+,39-/m1/s1. The van der Waals surface area contributed by atoms with Gasteiger partial charge in [0, 0.05) is 32.6 Å². The third-order valence-corrected chi connectivity index (χ3v) is 11.0. The Morgan fingerprint density at radius 3 is 2.32 bits per heavy atom. The van der Waals surface area contributed by atoms with E-state index in [2.05, 4.69) is 43.5 Å². The number of nitrogens with zero attached hydrogens (tertiary/aromatic N) is 1. The molecule has 284 valence electrons. The van der Waals surface area contributed by atoms with Crippen LogP contribution < -0.4 is 26.0 Å². The number of nitrogens with one attached hydrogen (secondary N) is 5. The summed E-state index contributed by atoms with van der Waals surface area (Å²) in [4.78, 5) is 56.4. The number of carbonyl (C=O) groups excluding carboxylic acids is 4. The summed E-state index contributed by atoms with van der Waals surface area (Å²) >= 11 is 0. The van der Waals surface area contributed by atoms with E-state index in [1.165, 1.54) is 12.1 Å². The summed E-state index contributed by atoms with van der Waals surface area (Å²) in [7, 11) is -2.74. The van der Waals surface area contributed by atoms with Crippen LogP contribution in [-0.2, 0) is 35.7 Å². The Morgan fingerprint density at radius 2 is 1.68 bits per heavy atom. The van der Waals surface area contributed by atoms with E-state index in [9.17, 15) is 27.6 Å². The lowest BCUT2D eigenvalue weighted by molar-refractivity contribution is -0.132. The number of hydrogen-bond donors (Lipinski definition) is 5. The second-order valence-electron chi connectivity index (χ2n) is 15.2. The van der Waals surface area contributed by atoms with E-state index in [0.29, 0.717) is 18.8 Å². The molecule has 1 aliphatic heterocycles. The molecule has 0 aromatic heterocycles. The fourth-order valence-corrected chi connectivity index (χ4v) is 8.04. The minimum atomic E-state index is -4.31. The van der Waals surface area contributed by atoms with Crippen molar-refractivity contribution >= 4 is 50.3 Å². The molecule has 5 rings (SSSR count). The average Bonchev–Trinajstić information content (AvgIpc) is 3.68. The Morgan fingerprint density at radius 1 is 1.00 bits per heavy atom. The molecule has 5 atom stereocenters. The van der Waals surface area contributed by atoms with Gasteiger partial charge in [-0.2, -0.15) is 0 Å². The van der Waals surface area contributed by atoms with Gasteiger partial charge in [-0.15, -0.1) is 6.58 Å². The maximum Gasteiger partial charge on any atom is 0.408 e. The SMILES string of the molecule is C=C[C@@H]1C[C@]1(NC(=O)[C@@H]1CN(Cc2ccc3ccccc3c2)C[C@@H]1NC(=O)[C@@H](NC(=O)OC(C)(C)C)C(C)C)C(=O)NS(=O)(=O)c1ccccc1NC. The van der Waals surface area contributed by atoms with Crippen LogP contribution in [0.15, 0.2) is 84.3 Å². The number of alkyl carbamates (subject to hydrolysis) is 1. The molecule has 2 fully saturated rings. The second kappa shape index (κ2) is 15.6. The number of ether oxygens (including phenoxy) is 1. The lowest BCUT2D eigenvalue weighted by Gasteiger charge is -2.28. The molecule has 13 nitrogen and oxygen atoms in total. The molecule has 3 aromatic carbocycles. The smallest absolute Gasteiger partial charge is 0.408 e. The summed E-state index contributed by atoms with van der Waals surface area (Å²) < 4.78 is 34.3. The predicted octanol–water partition coefficient (Wildman–Crippen LogP) is 3.91. The first-order valence-electron chi connectivity index (χ1n) is 17.7. The summed E-state index contributed by atoms with van der Waals surface area (Å²) in [6.07, 6.45) is 0.926.